The number of nitrogens with zero attached hydrogens (tertiary/aromatic N) is 1. The van der Waals surface area contributed by atoms with Crippen molar-refractivity contribution in [2.24, 2.45) is 0 Å². The molecule has 126 valence electrons. The smallest absolute Gasteiger partial charge is 0.265 e. The lowest BCUT2D eigenvalue weighted by Crippen LogP contribution is -2.23. The summed E-state index contributed by atoms with van der Waals surface area (Å²) in [6.07, 6.45) is 4.33. The average molecular weight is 436 g/mol. The Bertz CT molecular complexity index is 827. The highest BCUT2D eigenvalue weighted by Gasteiger charge is 2.19. The van der Waals surface area contributed by atoms with E-state index in [0.29, 0.717) is 9.32 Å². The fourth-order valence-electron chi connectivity index (χ4n) is 2.99. The van der Waals surface area contributed by atoms with E-state index in [-0.39, 0.29) is 5.56 Å². The number of aromatic amines is 1. The van der Waals surface area contributed by atoms with Gasteiger partial charge in [-0.15, -0.1) is 0 Å². The number of hydrogen-bond donors (Lipinski definition) is 1. The zero-order chi connectivity index (χ0) is 17.3. The van der Waals surface area contributed by atoms with Gasteiger partial charge in [0.2, 0.25) is 0 Å². The summed E-state index contributed by atoms with van der Waals surface area (Å²) in [6, 6.07) is 6.11. The van der Waals surface area contributed by atoms with Gasteiger partial charge in [-0.1, -0.05) is 18.2 Å². The Morgan fingerprint density at radius 3 is 2.38 bits per heavy atom. The quantitative estimate of drug-likeness (QED) is 0.581. The van der Waals surface area contributed by atoms with E-state index in [2.05, 4.69) is 50.7 Å². The van der Waals surface area contributed by atoms with Crippen LogP contribution in [0, 0.1) is 24.3 Å². The molecule has 0 saturated heterocycles. The molecule has 1 aromatic carbocycles. The van der Waals surface area contributed by atoms with Gasteiger partial charge in [0.25, 0.3) is 5.56 Å². The van der Waals surface area contributed by atoms with Gasteiger partial charge in [-0.05, 0) is 66.6 Å². The van der Waals surface area contributed by atoms with Crippen LogP contribution < -0.4 is 10.3 Å². The highest BCUT2D eigenvalue weighted by atomic mass is 127. The van der Waals surface area contributed by atoms with Crippen LogP contribution >= 0.6 is 22.6 Å². The van der Waals surface area contributed by atoms with Gasteiger partial charge in [-0.3, -0.25) is 9.69 Å². The van der Waals surface area contributed by atoms with Gasteiger partial charge >= 0.3 is 0 Å². The largest absolute Gasteiger partial charge is 0.456 e. The van der Waals surface area contributed by atoms with Crippen LogP contribution in [0.5, 0.6) is 11.5 Å². The van der Waals surface area contributed by atoms with E-state index in [9.17, 15) is 4.79 Å². The molecule has 0 amide bonds. The number of rotatable bonds is 4. The van der Waals surface area contributed by atoms with Crippen LogP contribution in [0.1, 0.15) is 22.4 Å². The molecule has 24 heavy (non-hydrogen) atoms. The minimum Gasteiger partial charge on any atom is -0.456 e. The van der Waals surface area contributed by atoms with E-state index in [4.69, 9.17) is 4.74 Å². The summed E-state index contributed by atoms with van der Waals surface area (Å²) in [7, 11) is 0. The molecule has 2 heterocycles. The maximum absolute atomic E-state index is 12.2. The fourth-order valence-corrected chi connectivity index (χ4v) is 3.56. The Balaban J connectivity index is 2.02. The third kappa shape index (κ3) is 3.72. The number of H-pyrrole nitrogens is 1. The maximum Gasteiger partial charge on any atom is 0.265 e. The summed E-state index contributed by atoms with van der Waals surface area (Å²) in [4.78, 5) is 17.5. The van der Waals surface area contributed by atoms with Crippen molar-refractivity contribution in [1.29, 1.82) is 0 Å². The Kier molecular flexibility index (Phi) is 5.10. The van der Waals surface area contributed by atoms with Crippen molar-refractivity contribution in [2.75, 3.05) is 13.1 Å². The number of hydrogen-bond acceptors (Lipinski definition) is 3. The van der Waals surface area contributed by atoms with E-state index < -0.39 is 0 Å². The van der Waals surface area contributed by atoms with E-state index in [0.717, 1.165) is 47.8 Å². The van der Waals surface area contributed by atoms with Gasteiger partial charge in [0.15, 0.2) is 5.75 Å². The van der Waals surface area contributed by atoms with Crippen molar-refractivity contribution in [3.05, 3.63) is 66.7 Å². The highest BCUT2D eigenvalue weighted by Crippen LogP contribution is 2.32. The summed E-state index contributed by atoms with van der Waals surface area (Å²) in [5, 5.41) is 0. The van der Waals surface area contributed by atoms with Crippen molar-refractivity contribution >= 4 is 22.6 Å². The van der Waals surface area contributed by atoms with Gasteiger partial charge in [0.1, 0.15) is 9.32 Å². The number of aryl methyl sites for hydroxylation is 3. The molecule has 5 heteroatoms. The molecule has 0 spiro atoms. The van der Waals surface area contributed by atoms with E-state index >= 15 is 0 Å². The van der Waals surface area contributed by atoms with Gasteiger partial charge in [0, 0.05) is 30.9 Å². The van der Waals surface area contributed by atoms with Crippen LogP contribution in [0.15, 0.2) is 35.1 Å². The minimum absolute atomic E-state index is 0.101. The van der Waals surface area contributed by atoms with E-state index in [1.165, 1.54) is 0 Å². The normalized spacial score (nSPS) is 14.3. The van der Waals surface area contributed by atoms with Crippen molar-refractivity contribution < 1.29 is 4.74 Å². The number of aromatic nitrogens is 1. The summed E-state index contributed by atoms with van der Waals surface area (Å²) in [5.41, 5.74) is 4.10. The van der Waals surface area contributed by atoms with Crippen molar-refractivity contribution in [3.63, 3.8) is 0 Å². The predicted octanol–water partition coefficient (Wildman–Crippen LogP) is 4.07. The number of benzene rings is 1. The highest BCUT2D eigenvalue weighted by molar-refractivity contribution is 14.1. The van der Waals surface area contributed by atoms with Gasteiger partial charge in [-0.2, -0.15) is 0 Å². The Labute approximate surface area is 155 Å². The second kappa shape index (κ2) is 7.11. The first-order valence-corrected chi connectivity index (χ1v) is 9.06. The van der Waals surface area contributed by atoms with Crippen LogP contribution in [-0.2, 0) is 6.54 Å². The SMILES string of the molecule is Cc1cc(C)cc(Oc2c(CN3CC=CC3)c(C)[nH]c(=O)c2I)c1. The Morgan fingerprint density at radius 2 is 1.75 bits per heavy atom. The van der Waals surface area contributed by atoms with Crippen molar-refractivity contribution in [1.82, 2.24) is 9.88 Å². The lowest BCUT2D eigenvalue weighted by molar-refractivity contribution is 0.336. The van der Waals surface area contributed by atoms with E-state index in [1.54, 1.807) is 0 Å². The van der Waals surface area contributed by atoms with Crippen LogP contribution in [0.2, 0.25) is 0 Å². The lowest BCUT2D eigenvalue weighted by Gasteiger charge is -2.20. The van der Waals surface area contributed by atoms with Gasteiger partial charge in [-0.25, -0.2) is 0 Å². The maximum atomic E-state index is 12.2. The summed E-state index contributed by atoms with van der Waals surface area (Å²) < 4.78 is 6.80. The third-order valence-electron chi connectivity index (χ3n) is 4.12. The molecule has 0 saturated carbocycles. The molecule has 2 aromatic rings. The lowest BCUT2D eigenvalue weighted by atomic mass is 10.1. The first kappa shape index (κ1) is 17.2. The third-order valence-corrected chi connectivity index (χ3v) is 5.10. The molecule has 4 nitrogen and oxygen atoms in total. The summed E-state index contributed by atoms with van der Waals surface area (Å²) in [6.45, 7) is 8.64. The Hall–Kier alpha value is -1.60. The van der Waals surface area contributed by atoms with E-state index in [1.807, 2.05) is 32.9 Å². The number of pyridine rings is 1. The molecule has 0 unspecified atom stereocenters. The van der Waals surface area contributed by atoms with Gasteiger partial charge in [0.05, 0.1) is 0 Å². The summed E-state index contributed by atoms with van der Waals surface area (Å²) >= 11 is 2.07. The zero-order valence-corrected chi connectivity index (χ0v) is 16.3. The molecule has 1 aliphatic rings. The summed E-state index contributed by atoms with van der Waals surface area (Å²) in [5.74, 6) is 1.45. The number of halogens is 1. The van der Waals surface area contributed by atoms with Crippen molar-refractivity contribution in [2.45, 2.75) is 27.3 Å². The molecule has 1 aromatic heterocycles. The first-order chi connectivity index (χ1) is 11.4. The molecule has 1 N–H and O–H groups in total. The molecule has 3 rings (SSSR count). The monoisotopic (exact) mass is 436 g/mol. The fraction of sp³-hybridized carbons (Fsp3) is 0.316. The zero-order valence-electron chi connectivity index (χ0n) is 14.1. The standard InChI is InChI=1S/C19H21IN2O2/c1-12-8-13(2)10-15(9-12)24-18-16(11-22-6-4-5-7-22)14(3)21-19(23)17(18)20/h4-5,8-10H,6-7,11H2,1-3H3,(H,21,23). The second-order valence-electron chi connectivity index (χ2n) is 6.29. The number of nitrogens with one attached hydrogen (secondary N) is 1. The first-order valence-electron chi connectivity index (χ1n) is 7.99. The van der Waals surface area contributed by atoms with Crippen molar-refractivity contribution in [3.8, 4) is 11.5 Å². The van der Waals surface area contributed by atoms with Crippen LogP contribution in [-0.4, -0.2) is 23.0 Å². The molecule has 0 fully saturated rings. The topological polar surface area (TPSA) is 45.3 Å². The second-order valence-corrected chi connectivity index (χ2v) is 7.37. The Morgan fingerprint density at radius 1 is 1.12 bits per heavy atom. The molecule has 0 bridgehead atoms. The average Bonchev–Trinajstić information content (AvgIpc) is 3.00. The van der Waals surface area contributed by atoms with Crippen LogP contribution in [0.25, 0.3) is 0 Å². The van der Waals surface area contributed by atoms with Gasteiger partial charge < -0.3 is 9.72 Å². The molecule has 0 atom stereocenters. The molecule has 1 aliphatic heterocycles. The minimum atomic E-state index is -0.101. The molecular formula is C19H21IN2O2. The van der Waals surface area contributed by atoms with Crippen LogP contribution in [0.4, 0.5) is 0 Å². The number of ether oxygens (including phenoxy) is 1. The molecule has 0 radical (unpaired) electrons. The molecular weight excluding hydrogens is 415 g/mol. The predicted molar refractivity (Wildman–Crippen MR) is 105 cm³/mol. The molecule has 0 aliphatic carbocycles. The van der Waals surface area contributed by atoms with Crippen LogP contribution in [0.3, 0.4) is 0 Å².